The van der Waals surface area contributed by atoms with Crippen molar-refractivity contribution >= 4 is 42.3 Å². The third-order valence-corrected chi connectivity index (χ3v) is 5.15. The van der Waals surface area contributed by atoms with Crippen LogP contribution in [0.5, 0.6) is 0 Å². The minimum absolute atomic E-state index is 0. The number of hydrogen-bond donors (Lipinski definition) is 2. The first-order chi connectivity index (χ1) is 11.5. The molecule has 0 spiro atoms. The van der Waals surface area contributed by atoms with Crippen LogP contribution >= 0.6 is 36.4 Å². The summed E-state index contributed by atoms with van der Waals surface area (Å²) in [6.45, 7) is 7.54. The molecule has 1 aliphatic rings. The molecule has 1 aromatic rings. The van der Waals surface area contributed by atoms with E-state index in [1.165, 1.54) is 0 Å². The maximum Gasteiger partial charge on any atom is 0.240 e. The molecule has 1 atom stereocenters. The van der Waals surface area contributed by atoms with Crippen LogP contribution in [-0.4, -0.2) is 49.2 Å². The van der Waals surface area contributed by atoms with E-state index >= 15 is 0 Å². The second-order valence-electron chi connectivity index (χ2n) is 6.24. The summed E-state index contributed by atoms with van der Waals surface area (Å²) in [6, 6.07) is 7.83. The van der Waals surface area contributed by atoms with Gasteiger partial charge in [-0.2, -0.15) is 0 Å². The van der Waals surface area contributed by atoms with Gasteiger partial charge in [-0.1, -0.05) is 43.6 Å². The second kappa shape index (κ2) is 12.0. The van der Waals surface area contributed by atoms with Crippen molar-refractivity contribution in [3.05, 3.63) is 34.9 Å². The van der Waals surface area contributed by atoms with Gasteiger partial charge in [0.15, 0.2) is 0 Å². The number of ether oxygens (including phenoxy) is 1. The lowest BCUT2D eigenvalue weighted by Crippen LogP contribution is -2.57. The number of likely N-dealkylation sites (N-methyl/N-ethyl adjacent to an activating group) is 1. The highest BCUT2D eigenvalue weighted by Crippen LogP contribution is 2.27. The van der Waals surface area contributed by atoms with E-state index in [1.807, 2.05) is 24.3 Å². The van der Waals surface area contributed by atoms with Crippen molar-refractivity contribution in [2.45, 2.75) is 38.3 Å². The molecule has 150 valence electrons. The third kappa shape index (κ3) is 6.25. The molecule has 1 amide bonds. The Kier molecular flexibility index (Phi) is 11.7. The molecular weight excluding hydrogens is 397 g/mol. The lowest BCUT2D eigenvalue weighted by Gasteiger charge is -2.34. The van der Waals surface area contributed by atoms with Gasteiger partial charge < -0.3 is 15.8 Å². The number of benzene rings is 1. The largest absolute Gasteiger partial charge is 0.381 e. The molecule has 1 heterocycles. The van der Waals surface area contributed by atoms with Crippen LogP contribution in [0.3, 0.4) is 0 Å². The molecule has 26 heavy (non-hydrogen) atoms. The molecule has 1 aromatic carbocycles. The van der Waals surface area contributed by atoms with Gasteiger partial charge in [0.1, 0.15) is 0 Å². The molecular formula is C18H30Cl3N3O2. The van der Waals surface area contributed by atoms with Gasteiger partial charge in [0.05, 0.1) is 11.6 Å². The second-order valence-corrected chi connectivity index (χ2v) is 6.64. The van der Waals surface area contributed by atoms with Crippen LogP contribution < -0.4 is 11.1 Å². The number of nitrogens with two attached hydrogens (primary N) is 1. The maximum absolute atomic E-state index is 12.6. The third-order valence-electron chi connectivity index (χ3n) is 4.81. The van der Waals surface area contributed by atoms with E-state index in [9.17, 15) is 4.79 Å². The molecule has 0 bridgehead atoms. The van der Waals surface area contributed by atoms with Crippen LogP contribution in [0.4, 0.5) is 0 Å². The van der Waals surface area contributed by atoms with E-state index in [0.717, 1.165) is 23.7 Å². The Morgan fingerprint density at radius 1 is 1.27 bits per heavy atom. The number of rotatable bonds is 7. The zero-order valence-electron chi connectivity index (χ0n) is 15.4. The summed E-state index contributed by atoms with van der Waals surface area (Å²) in [4.78, 5) is 14.9. The summed E-state index contributed by atoms with van der Waals surface area (Å²) in [7, 11) is 0. The van der Waals surface area contributed by atoms with Crippen molar-refractivity contribution in [2.75, 3.05) is 32.8 Å². The van der Waals surface area contributed by atoms with Gasteiger partial charge in [0.2, 0.25) is 5.91 Å². The van der Waals surface area contributed by atoms with Gasteiger partial charge in [-0.3, -0.25) is 9.69 Å². The molecule has 1 unspecified atom stereocenters. The Morgan fingerprint density at radius 3 is 2.38 bits per heavy atom. The van der Waals surface area contributed by atoms with E-state index in [0.29, 0.717) is 32.6 Å². The van der Waals surface area contributed by atoms with Crippen molar-refractivity contribution in [1.29, 1.82) is 0 Å². The summed E-state index contributed by atoms with van der Waals surface area (Å²) in [5, 5.41) is 3.77. The lowest BCUT2D eigenvalue weighted by atomic mass is 9.90. The number of nitrogens with zero attached hydrogens (tertiary/aromatic N) is 1. The van der Waals surface area contributed by atoms with Crippen molar-refractivity contribution in [2.24, 2.45) is 5.73 Å². The number of hydrogen-bond acceptors (Lipinski definition) is 4. The smallest absolute Gasteiger partial charge is 0.240 e. The highest BCUT2D eigenvalue weighted by atomic mass is 35.5. The van der Waals surface area contributed by atoms with Crippen LogP contribution in [0.2, 0.25) is 5.02 Å². The molecule has 2 rings (SSSR count). The average molecular weight is 427 g/mol. The van der Waals surface area contributed by atoms with Gasteiger partial charge in [-0.15, -0.1) is 24.8 Å². The first-order valence-electron chi connectivity index (χ1n) is 8.65. The van der Waals surface area contributed by atoms with Crippen LogP contribution in [0.1, 0.15) is 38.3 Å². The summed E-state index contributed by atoms with van der Waals surface area (Å²) < 4.78 is 5.31. The maximum atomic E-state index is 12.6. The van der Waals surface area contributed by atoms with Gasteiger partial charge in [0, 0.05) is 24.8 Å². The normalized spacial score (nSPS) is 17.0. The number of amides is 1. The topological polar surface area (TPSA) is 67.6 Å². The monoisotopic (exact) mass is 425 g/mol. The predicted molar refractivity (Wildman–Crippen MR) is 112 cm³/mol. The number of nitrogens with one attached hydrogen (secondary N) is 1. The number of carbonyl (C=O) groups is 1. The first kappa shape index (κ1) is 25.4. The molecule has 0 saturated carbocycles. The standard InChI is InChI=1S/C18H28ClN3O2.2ClH/c1-3-22(4-2)16(14-7-5-6-8-15(14)19)13-21-17(23)18(20)9-11-24-12-10-18;;/h5-8,16H,3-4,9-13,20H2,1-2H3,(H,21,23);2*1H. The van der Waals surface area contributed by atoms with E-state index in [-0.39, 0.29) is 36.8 Å². The van der Waals surface area contributed by atoms with Crippen LogP contribution in [0.25, 0.3) is 0 Å². The van der Waals surface area contributed by atoms with E-state index in [1.54, 1.807) is 0 Å². The van der Waals surface area contributed by atoms with Crippen molar-refractivity contribution in [3.63, 3.8) is 0 Å². The Hall–Kier alpha value is -0.560. The van der Waals surface area contributed by atoms with Crippen molar-refractivity contribution < 1.29 is 9.53 Å². The van der Waals surface area contributed by atoms with Gasteiger partial charge in [-0.05, 0) is 37.6 Å². The Balaban J connectivity index is 0.00000312. The summed E-state index contributed by atoms with van der Waals surface area (Å²) in [5.41, 5.74) is 6.47. The first-order valence-corrected chi connectivity index (χ1v) is 9.03. The Labute approximate surface area is 173 Å². The SMILES string of the molecule is CCN(CC)C(CNC(=O)C1(N)CCOCC1)c1ccccc1Cl.Cl.Cl. The lowest BCUT2D eigenvalue weighted by molar-refractivity contribution is -0.130. The summed E-state index contributed by atoms with van der Waals surface area (Å²) in [6.07, 6.45) is 1.11. The van der Waals surface area contributed by atoms with Crippen LogP contribution in [0.15, 0.2) is 24.3 Å². The predicted octanol–water partition coefficient (Wildman–Crippen LogP) is 3.19. The van der Waals surface area contributed by atoms with Crippen molar-refractivity contribution in [1.82, 2.24) is 10.2 Å². The van der Waals surface area contributed by atoms with Gasteiger partial charge in [-0.25, -0.2) is 0 Å². The minimum atomic E-state index is -0.827. The number of halogens is 3. The van der Waals surface area contributed by atoms with Crippen LogP contribution in [-0.2, 0) is 9.53 Å². The van der Waals surface area contributed by atoms with Gasteiger partial charge >= 0.3 is 0 Å². The molecule has 0 aromatic heterocycles. The summed E-state index contributed by atoms with van der Waals surface area (Å²) in [5.74, 6) is -0.102. The quantitative estimate of drug-likeness (QED) is 0.702. The molecule has 1 fully saturated rings. The van der Waals surface area contributed by atoms with E-state index in [4.69, 9.17) is 22.1 Å². The molecule has 0 aliphatic carbocycles. The Bertz CT molecular complexity index is 550. The van der Waals surface area contributed by atoms with Gasteiger partial charge in [0.25, 0.3) is 0 Å². The zero-order chi connectivity index (χ0) is 17.6. The fourth-order valence-electron chi connectivity index (χ4n) is 3.17. The van der Waals surface area contributed by atoms with Crippen LogP contribution in [0, 0.1) is 0 Å². The minimum Gasteiger partial charge on any atom is -0.381 e. The molecule has 8 heteroatoms. The molecule has 1 saturated heterocycles. The molecule has 3 N–H and O–H groups in total. The fraction of sp³-hybridized carbons (Fsp3) is 0.611. The average Bonchev–Trinajstić information content (AvgIpc) is 2.60. The highest BCUT2D eigenvalue weighted by molar-refractivity contribution is 6.31. The molecule has 0 radical (unpaired) electrons. The fourth-order valence-corrected chi connectivity index (χ4v) is 3.44. The summed E-state index contributed by atoms with van der Waals surface area (Å²) >= 11 is 6.39. The van der Waals surface area contributed by atoms with E-state index in [2.05, 4.69) is 24.1 Å². The Morgan fingerprint density at radius 2 is 1.85 bits per heavy atom. The van der Waals surface area contributed by atoms with Crippen molar-refractivity contribution in [3.8, 4) is 0 Å². The van der Waals surface area contributed by atoms with E-state index < -0.39 is 5.54 Å². The zero-order valence-corrected chi connectivity index (χ0v) is 17.8. The number of carbonyl (C=O) groups excluding carboxylic acids is 1. The molecule has 1 aliphatic heterocycles. The molecule has 5 nitrogen and oxygen atoms in total. The highest BCUT2D eigenvalue weighted by Gasteiger charge is 2.36.